The van der Waals surface area contributed by atoms with Crippen LogP contribution in [-0.2, 0) is 9.59 Å². The van der Waals surface area contributed by atoms with E-state index >= 15 is 0 Å². The van der Waals surface area contributed by atoms with E-state index in [1.807, 2.05) is 6.08 Å². The summed E-state index contributed by atoms with van der Waals surface area (Å²) in [6, 6.07) is 0. The summed E-state index contributed by atoms with van der Waals surface area (Å²) in [5, 5.41) is 11.8. The number of hydrogen-bond acceptors (Lipinski definition) is 5. The average Bonchev–Trinajstić information content (AvgIpc) is 2.78. The van der Waals surface area contributed by atoms with Gasteiger partial charge in [0.15, 0.2) is 0 Å². The van der Waals surface area contributed by atoms with Crippen LogP contribution in [0.5, 0.6) is 0 Å². The predicted molar refractivity (Wildman–Crippen MR) is 127 cm³/mol. The van der Waals surface area contributed by atoms with Crippen LogP contribution in [0.2, 0.25) is 0 Å². The van der Waals surface area contributed by atoms with Gasteiger partial charge in [0, 0.05) is 45.1 Å². The van der Waals surface area contributed by atoms with Crippen molar-refractivity contribution in [2.75, 3.05) is 26.2 Å². The van der Waals surface area contributed by atoms with Crippen molar-refractivity contribution >= 4 is 23.6 Å². The Balaban J connectivity index is 1.65. The molecule has 1 fully saturated rings. The summed E-state index contributed by atoms with van der Waals surface area (Å²) in [6.45, 7) is 7.90. The van der Waals surface area contributed by atoms with Crippen LogP contribution < -0.4 is 0 Å². The van der Waals surface area contributed by atoms with E-state index in [1.165, 1.54) is 35.2 Å². The molecule has 0 saturated carbocycles. The molecule has 8 heteroatoms. The molecule has 0 aromatic carbocycles. The lowest BCUT2D eigenvalue weighted by atomic mass is 9.97. The van der Waals surface area contributed by atoms with E-state index < -0.39 is 0 Å². The molecule has 1 heterocycles. The van der Waals surface area contributed by atoms with Gasteiger partial charge in [0.2, 0.25) is 11.8 Å². The summed E-state index contributed by atoms with van der Waals surface area (Å²) in [6.07, 6.45) is 13.7. The molecule has 2 amide bonds. The molecule has 0 aromatic heterocycles. The number of nitrogens with zero attached hydrogens (tertiary/aromatic N) is 3. The minimum Gasteiger partial charge on any atom is -0.339 e. The third kappa shape index (κ3) is 6.00. The van der Waals surface area contributed by atoms with Gasteiger partial charge < -0.3 is 9.80 Å². The van der Waals surface area contributed by atoms with Crippen LogP contribution in [0.3, 0.4) is 0 Å². The maximum atomic E-state index is 12.5. The van der Waals surface area contributed by atoms with E-state index in [0.29, 0.717) is 43.4 Å². The average molecular weight is 458 g/mol. The molecule has 32 heavy (non-hydrogen) atoms. The maximum absolute atomic E-state index is 12.5. The minimum atomic E-state index is -0.324. The van der Waals surface area contributed by atoms with E-state index in [4.69, 9.17) is 0 Å². The van der Waals surface area contributed by atoms with Gasteiger partial charge in [-0.05, 0) is 41.7 Å². The summed E-state index contributed by atoms with van der Waals surface area (Å²) < 4.78 is 0. The molecule has 172 valence electrons. The molecule has 3 rings (SSSR count). The van der Waals surface area contributed by atoms with Gasteiger partial charge in [0.1, 0.15) is 0 Å². The third-order valence-corrected chi connectivity index (χ3v) is 7.21. The van der Waals surface area contributed by atoms with Crippen molar-refractivity contribution in [3.63, 3.8) is 0 Å². The summed E-state index contributed by atoms with van der Waals surface area (Å²) in [7, 11) is 0. The second kappa shape index (κ2) is 10.8. The van der Waals surface area contributed by atoms with E-state index in [1.54, 1.807) is 22.0 Å². The number of nitro groups is 1. The predicted octanol–water partition coefficient (Wildman–Crippen LogP) is 4.29. The van der Waals surface area contributed by atoms with Gasteiger partial charge in [-0.3, -0.25) is 19.7 Å². The first kappa shape index (κ1) is 24.0. The zero-order chi connectivity index (χ0) is 23.3. The molecule has 3 aliphatic rings. The number of carbonyl (C=O) groups is 2. The number of rotatable bonds is 6. The fourth-order valence-electron chi connectivity index (χ4n) is 4.05. The van der Waals surface area contributed by atoms with E-state index in [2.05, 4.69) is 26.0 Å². The molecular formula is C24H31N3O4S. The van der Waals surface area contributed by atoms with Crippen molar-refractivity contribution in [1.82, 2.24) is 9.80 Å². The van der Waals surface area contributed by atoms with Crippen LogP contribution in [0.25, 0.3) is 0 Å². The summed E-state index contributed by atoms with van der Waals surface area (Å²) in [5.41, 5.74) is 1.37. The number of thioether (sulfide) groups is 1. The normalized spacial score (nSPS) is 21.8. The van der Waals surface area contributed by atoms with E-state index in [0.717, 1.165) is 12.8 Å². The first-order valence-electron chi connectivity index (χ1n) is 11.1. The highest BCUT2D eigenvalue weighted by atomic mass is 32.2. The Morgan fingerprint density at radius 2 is 1.91 bits per heavy atom. The van der Waals surface area contributed by atoms with Gasteiger partial charge in [-0.1, -0.05) is 49.9 Å². The lowest BCUT2D eigenvalue weighted by molar-refractivity contribution is -0.420. The number of amides is 2. The first-order valence-corrected chi connectivity index (χ1v) is 11.9. The third-order valence-electron chi connectivity index (χ3n) is 5.93. The van der Waals surface area contributed by atoms with Crippen molar-refractivity contribution in [3.8, 4) is 0 Å². The molecule has 0 spiro atoms. The molecule has 1 aliphatic heterocycles. The van der Waals surface area contributed by atoms with Crippen molar-refractivity contribution in [1.29, 1.82) is 0 Å². The minimum absolute atomic E-state index is 0.0216. The number of allylic oxidation sites excluding steroid dienone is 7. The monoisotopic (exact) mass is 457 g/mol. The molecule has 1 saturated heterocycles. The Bertz CT molecular complexity index is 922. The molecule has 0 aromatic rings. The molecule has 2 aliphatic carbocycles. The highest BCUT2D eigenvalue weighted by molar-refractivity contribution is 8.07. The first-order chi connectivity index (χ1) is 15.3. The highest BCUT2D eigenvalue weighted by Gasteiger charge is 2.27. The fraction of sp³-hybridized carbons (Fsp3) is 0.500. The standard InChI is InChI=1S/C24H31N3O4S/c1-17(2)20-6-4-5-7-22(20)32-23-10-8-19(16-21(23)27(30)31)9-11-24(29)26-14-12-25(13-15-26)18(3)28/h4,6,9-11,16-17,19H,5,7-8,12-15H2,1-3H3/b11-9+. The number of hydrogen-bond donors (Lipinski definition) is 0. The van der Waals surface area contributed by atoms with Crippen molar-refractivity contribution < 1.29 is 14.5 Å². The van der Waals surface area contributed by atoms with Crippen LogP contribution in [0, 0.1) is 22.0 Å². The molecular weight excluding hydrogens is 426 g/mol. The van der Waals surface area contributed by atoms with E-state index in [9.17, 15) is 19.7 Å². The fourth-order valence-corrected chi connectivity index (χ4v) is 5.39. The Morgan fingerprint density at radius 1 is 1.22 bits per heavy atom. The number of piperazine rings is 1. The van der Waals surface area contributed by atoms with Crippen LogP contribution in [0.1, 0.15) is 40.0 Å². The van der Waals surface area contributed by atoms with Crippen molar-refractivity contribution in [3.05, 3.63) is 67.7 Å². The Labute approximate surface area is 193 Å². The van der Waals surface area contributed by atoms with Gasteiger partial charge >= 0.3 is 0 Å². The molecule has 0 bridgehead atoms. The Hall–Kier alpha value is -2.61. The van der Waals surface area contributed by atoms with Gasteiger partial charge in [0.05, 0.1) is 9.83 Å². The number of carbonyl (C=O) groups excluding carboxylic acids is 2. The van der Waals surface area contributed by atoms with Gasteiger partial charge in [0.25, 0.3) is 5.70 Å². The van der Waals surface area contributed by atoms with Gasteiger partial charge in [-0.2, -0.15) is 0 Å². The van der Waals surface area contributed by atoms with Gasteiger partial charge in [-0.15, -0.1) is 0 Å². The second-order valence-corrected chi connectivity index (χ2v) is 9.68. The van der Waals surface area contributed by atoms with Crippen LogP contribution in [0.15, 0.2) is 57.5 Å². The summed E-state index contributed by atoms with van der Waals surface area (Å²) in [5.74, 6) is 0.0923. The van der Waals surface area contributed by atoms with Gasteiger partial charge in [-0.25, -0.2) is 0 Å². The molecule has 1 unspecified atom stereocenters. The van der Waals surface area contributed by atoms with Crippen LogP contribution in [-0.4, -0.2) is 52.7 Å². The smallest absolute Gasteiger partial charge is 0.279 e. The Morgan fingerprint density at radius 3 is 2.53 bits per heavy atom. The Kier molecular flexibility index (Phi) is 8.12. The quantitative estimate of drug-likeness (QED) is 0.337. The summed E-state index contributed by atoms with van der Waals surface area (Å²) in [4.78, 5) is 40.7. The largest absolute Gasteiger partial charge is 0.339 e. The maximum Gasteiger partial charge on any atom is 0.279 e. The van der Waals surface area contributed by atoms with E-state index in [-0.39, 0.29) is 28.4 Å². The highest BCUT2D eigenvalue weighted by Crippen LogP contribution is 2.42. The SMILES string of the molecule is CC(=O)N1CCN(C(=O)/C=C/C2C=C([N+](=O)[O-])C(SC3=C(C(C)C)C=CCC3)=CC2)CC1. The van der Waals surface area contributed by atoms with Crippen LogP contribution in [0.4, 0.5) is 0 Å². The van der Waals surface area contributed by atoms with Crippen molar-refractivity contribution in [2.45, 2.75) is 40.0 Å². The zero-order valence-electron chi connectivity index (χ0n) is 19.0. The topological polar surface area (TPSA) is 83.8 Å². The zero-order valence-corrected chi connectivity index (χ0v) is 19.8. The second-order valence-electron chi connectivity index (χ2n) is 8.54. The summed E-state index contributed by atoms with van der Waals surface area (Å²) >= 11 is 1.51. The van der Waals surface area contributed by atoms with Crippen molar-refractivity contribution in [2.24, 2.45) is 11.8 Å². The lowest BCUT2D eigenvalue weighted by Crippen LogP contribution is -2.49. The van der Waals surface area contributed by atoms with Crippen LogP contribution >= 0.6 is 11.8 Å². The lowest BCUT2D eigenvalue weighted by Gasteiger charge is -2.33. The molecule has 1 atom stereocenters. The molecule has 0 radical (unpaired) electrons. The molecule has 0 N–H and O–H groups in total. The molecule has 7 nitrogen and oxygen atoms in total.